The molecule has 1 unspecified atom stereocenters. The summed E-state index contributed by atoms with van der Waals surface area (Å²) in [6.45, 7) is 1.09. The van der Waals surface area contributed by atoms with Crippen molar-refractivity contribution in [1.29, 1.82) is 0 Å². The van der Waals surface area contributed by atoms with Crippen LogP contribution in [0.25, 0.3) is 22.3 Å². The molecule has 4 aromatic rings. The summed E-state index contributed by atoms with van der Waals surface area (Å²) < 4.78 is 18.2. The Kier molecular flexibility index (Phi) is 6.56. The molecule has 0 saturated carbocycles. The van der Waals surface area contributed by atoms with Crippen LogP contribution in [0, 0.1) is 0 Å². The number of rotatable bonds is 8. The number of carbonyl (C=O) groups excluding carboxylic acids is 1. The quantitative estimate of drug-likeness (QED) is 0.385. The molecule has 1 fully saturated rings. The third kappa shape index (κ3) is 4.94. The standard InChI is InChI=1S/C24H25ClN6O4/c1-31-21(10-14-3-5-18-17(23(14)25)11-26-29-18)28-24(30-31)15-4-6-19(20(9-15)33-2)35-13-22(32)27-16-7-8-34-12-16/h3-6,9,11,16H,7-8,10,12-13H2,1-2H3,(H,26,29)(H,27,32). The van der Waals surface area contributed by atoms with Crippen LogP contribution in [0.4, 0.5) is 0 Å². The molecular formula is C24H25ClN6O4. The number of nitrogens with zero attached hydrogens (tertiary/aromatic N) is 4. The van der Waals surface area contributed by atoms with Crippen LogP contribution >= 0.6 is 11.6 Å². The van der Waals surface area contributed by atoms with Gasteiger partial charge >= 0.3 is 0 Å². The van der Waals surface area contributed by atoms with Crippen LogP contribution in [-0.2, 0) is 23.0 Å². The number of H-pyrrole nitrogens is 1. The van der Waals surface area contributed by atoms with E-state index in [2.05, 4.69) is 20.6 Å². The highest BCUT2D eigenvalue weighted by Gasteiger charge is 2.19. The molecule has 2 N–H and O–H groups in total. The number of halogens is 1. The van der Waals surface area contributed by atoms with Crippen molar-refractivity contribution in [2.24, 2.45) is 7.05 Å². The Morgan fingerprint density at radius 2 is 2.20 bits per heavy atom. The van der Waals surface area contributed by atoms with Gasteiger partial charge < -0.3 is 19.5 Å². The molecule has 0 aliphatic carbocycles. The van der Waals surface area contributed by atoms with E-state index in [-0.39, 0.29) is 18.6 Å². The van der Waals surface area contributed by atoms with Crippen molar-refractivity contribution in [1.82, 2.24) is 30.3 Å². The molecule has 0 spiro atoms. The second-order valence-electron chi connectivity index (χ2n) is 8.30. The number of aromatic amines is 1. The molecule has 182 valence electrons. The van der Waals surface area contributed by atoms with Crippen molar-refractivity contribution in [2.45, 2.75) is 18.9 Å². The maximum absolute atomic E-state index is 12.2. The van der Waals surface area contributed by atoms with Gasteiger partial charge in [0, 0.05) is 31.0 Å². The van der Waals surface area contributed by atoms with E-state index < -0.39 is 0 Å². The molecule has 35 heavy (non-hydrogen) atoms. The van der Waals surface area contributed by atoms with Gasteiger partial charge in [0.05, 0.1) is 36.5 Å². The highest BCUT2D eigenvalue weighted by Crippen LogP contribution is 2.32. The van der Waals surface area contributed by atoms with Crippen molar-refractivity contribution in [2.75, 3.05) is 26.9 Å². The van der Waals surface area contributed by atoms with E-state index in [0.717, 1.165) is 34.3 Å². The van der Waals surface area contributed by atoms with Gasteiger partial charge in [-0.1, -0.05) is 17.7 Å². The summed E-state index contributed by atoms with van der Waals surface area (Å²) in [6, 6.07) is 9.33. The van der Waals surface area contributed by atoms with Gasteiger partial charge in [0.15, 0.2) is 23.9 Å². The summed E-state index contributed by atoms with van der Waals surface area (Å²) in [6.07, 6.45) is 3.04. The number of methoxy groups -OCH3 is 1. The van der Waals surface area contributed by atoms with Crippen LogP contribution in [0.5, 0.6) is 11.5 Å². The summed E-state index contributed by atoms with van der Waals surface area (Å²) >= 11 is 6.58. The average Bonchev–Trinajstić information content (AvgIpc) is 3.62. The van der Waals surface area contributed by atoms with Gasteiger partial charge in [-0.25, -0.2) is 4.98 Å². The molecule has 1 amide bonds. The Balaban J connectivity index is 1.30. The Hall–Kier alpha value is -3.63. The number of ether oxygens (including phenoxy) is 3. The lowest BCUT2D eigenvalue weighted by Gasteiger charge is -2.13. The maximum atomic E-state index is 12.2. The molecule has 2 aromatic carbocycles. The molecule has 11 heteroatoms. The number of nitrogens with one attached hydrogen (secondary N) is 2. The van der Waals surface area contributed by atoms with Crippen molar-refractivity contribution in [3.8, 4) is 22.9 Å². The van der Waals surface area contributed by atoms with E-state index >= 15 is 0 Å². The third-order valence-corrected chi connectivity index (χ3v) is 6.36. The molecule has 0 radical (unpaired) electrons. The first-order valence-electron chi connectivity index (χ1n) is 11.2. The average molecular weight is 497 g/mol. The molecule has 2 aromatic heterocycles. The highest BCUT2D eigenvalue weighted by molar-refractivity contribution is 6.36. The fraction of sp³-hybridized carbons (Fsp3) is 0.333. The normalized spacial score (nSPS) is 15.5. The van der Waals surface area contributed by atoms with Crippen molar-refractivity contribution in [3.63, 3.8) is 0 Å². The molecule has 1 aliphatic rings. The van der Waals surface area contributed by atoms with Gasteiger partial charge in [-0.05, 0) is 36.2 Å². The SMILES string of the molecule is COc1cc(-c2nc(Cc3ccc4[nH]ncc4c3Cl)n(C)n2)ccc1OCC(=O)NC1CCOC1. The Morgan fingerprint density at radius 1 is 1.31 bits per heavy atom. The minimum atomic E-state index is -0.199. The number of carbonyl (C=O) groups is 1. The third-order valence-electron chi connectivity index (χ3n) is 5.92. The summed E-state index contributed by atoms with van der Waals surface area (Å²) in [5.74, 6) is 2.06. The smallest absolute Gasteiger partial charge is 0.258 e. The molecule has 1 saturated heterocycles. The summed E-state index contributed by atoms with van der Waals surface area (Å²) in [5, 5.41) is 16.0. The van der Waals surface area contributed by atoms with Crippen molar-refractivity contribution >= 4 is 28.4 Å². The molecule has 5 rings (SSSR count). The number of amides is 1. The Morgan fingerprint density at radius 3 is 3.00 bits per heavy atom. The van der Waals surface area contributed by atoms with Gasteiger partial charge in [0.2, 0.25) is 0 Å². The predicted octanol–water partition coefficient (Wildman–Crippen LogP) is 2.90. The summed E-state index contributed by atoms with van der Waals surface area (Å²) in [5.41, 5.74) is 2.59. The van der Waals surface area contributed by atoms with E-state index in [9.17, 15) is 4.79 Å². The molecule has 0 bridgehead atoms. The Labute approximate surface area is 206 Å². The van der Waals surface area contributed by atoms with E-state index in [1.165, 1.54) is 0 Å². The van der Waals surface area contributed by atoms with E-state index in [1.54, 1.807) is 30.1 Å². The number of aromatic nitrogens is 5. The molecule has 1 atom stereocenters. The van der Waals surface area contributed by atoms with E-state index in [0.29, 0.717) is 42.0 Å². The van der Waals surface area contributed by atoms with E-state index in [4.69, 9.17) is 30.8 Å². The van der Waals surface area contributed by atoms with Crippen molar-refractivity contribution < 1.29 is 19.0 Å². The van der Waals surface area contributed by atoms with Gasteiger partial charge in [-0.15, -0.1) is 0 Å². The van der Waals surface area contributed by atoms with Gasteiger partial charge in [0.1, 0.15) is 5.82 Å². The minimum Gasteiger partial charge on any atom is -0.493 e. The second-order valence-corrected chi connectivity index (χ2v) is 8.68. The monoisotopic (exact) mass is 496 g/mol. The first kappa shape index (κ1) is 23.1. The predicted molar refractivity (Wildman–Crippen MR) is 130 cm³/mol. The zero-order valence-electron chi connectivity index (χ0n) is 19.4. The largest absolute Gasteiger partial charge is 0.493 e. The first-order chi connectivity index (χ1) is 17.0. The van der Waals surface area contributed by atoms with Crippen LogP contribution in [-0.4, -0.2) is 63.8 Å². The number of aryl methyl sites for hydroxylation is 1. The van der Waals surface area contributed by atoms with Crippen molar-refractivity contribution in [3.05, 3.63) is 52.9 Å². The lowest BCUT2D eigenvalue weighted by molar-refractivity contribution is -0.123. The van der Waals surface area contributed by atoms with Crippen LogP contribution < -0.4 is 14.8 Å². The van der Waals surface area contributed by atoms with Crippen LogP contribution in [0.2, 0.25) is 5.02 Å². The Bertz CT molecular complexity index is 1360. The molecular weight excluding hydrogens is 472 g/mol. The summed E-state index contributed by atoms with van der Waals surface area (Å²) in [7, 11) is 3.39. The van der Waals surface area contributed by atoms with Gasteiger partial charge in [-0.2, -0.15) is 10.2 Å². The van der Waals surface area contributed by atoms with Gasteiger partial charge in [-0.3, -0.25) is 14.6 Å². The highest BCUT2D eigenvalue weighted by atomic mass is 35.5. The van der Waals surface area contributed by atoms with Crippen LogP contribution in [0.15, 0.2) is 36.5 Å². The minimum absolute atomic E-state index is 0.0382. The second kappa shape index (κ2) is 9.93. The fourth-order valence-electron chi connectivity index (χ4n) is 4.01. The van der Waals surface area contributed by atoms with Gasteiger partial charge in [0.25, 0.3) is 5.91 Å². The zero-order valence-corrected chi connectivity index (χ0v) is 20.1. The summed E-state index contributed by atoms with van der Waals surface area (Å²) in [4.78, 5) is 16.9. The van der Waals surface area contributed by atoms with Crippen LogP contribution in [0.3, 0.4) is 0 Å². The number of fused-ring (bicyclic) bond motifs is 1. The fourth-order valence-corrected chi connectivity index (χ4v) is 4.30. The molecule has 10 nitrogen and oxygen atoms in total. The van der Waals surface area contributed by atoms with Crippen LogP contribution in [0.1, 0.15) is 17.8 Å². The number of benzene rings is 2. The molecule has 1 aliphatic heterocycles. The topological polar surface area (TPSA) is 116 Å². The van der Waals surface area contributed by atoms with E-state index in [1.807, 2.05) is 25.2 Å². The number of hydrogen-bond donors (Lipinski definition) is 2. The zero-order chi connectivity index (χ0) is 24.4. The molecule has 3 heterocycles. The lowest BCUT2D eigenvalue weighted by atomic mass is 10.1. The first-order valence-corrected chi connectivity index (χ1v) is 11.6. The number of hydrogen-bond acceptors (Lipinski definition) is 7. The lowest BCUT2D eigenvalue weighted by Crippen LogP contribution is -2.38. The maximum Gasteiger partial charge on any atom is 0.258 e.